The van der Waals surface area contributed by atoms with E-state index in [1.165, 1.54) is 6.33 Å². The fourth-order valence-corrected chi connectivity index (χ4v) is 2.70. The molecule has 2 aromatic carbocycles. The topological polar surface area (TPSA) is 44.2 Å². The average Bonchev–Trinajstić information content (AvgIpc) is 2.62. The lowest BCUT2D eigenvalue weighted by molar-refractivity contribution is 0.415. The highest BCUT2D eigenvalue weighted by Crippen LogP contribution is 2.32. The lowest BCUT2D eigenvalue weighted by Gasteiger charge is -2.09. The maximum Gasteiger partial charge on any atom is 0.138 e. The van der Waals surface area contributed by atoms with Gasteiger partial charge in [-0.3, -0.25) is 0 Å². The lowest BCUT2D eigenvalue weighted by atomic mass is 10.1. The molecule has 0 spiro atoms. The molecule has 0 atom stereocenters. The zero-order valence-electron chi connectivity index (χ0n) is 13.1. The molecule has 3 aromatic rings. The van der Waals surface area contributed by atoms with Gasteiger partial charge in [0.2, 0.25) is 0 Å². The van der Waals surface area contributed by atoms with Crippen molar-refractivity contribution in [3.8, 4) is 34.0 Å². The molecule has 0 aliphatic heterocycles. The van der Waals surface area contributed by atoms with E-state index < -0.39 is 0 Å². The molecule has 0 saturated carbocycles. The van der Waals surface area contributed by atoms with Crippen LogP contribution in [0.2, 0.25) is 10.0 Å². The first-order chi connectivity index (χ1) is 11.6. The van der Waals surface area contributed by atoms with Crippen LogP contribution >= 0.6 is 23.2 Å². The van der Waals surface area contributed by atoms with Crippen molar-refractivity contribution < 1.29 is 9.47 Å². The minimum Gasteiger partial charge on any atom is -0.495 e. The van der Waals surface area contributed by atoms with Crippen LogP contribution in [0.3, 0.4) is 0 Å². The SMILES string of the molecule is COc1cc(-c2cc(-c3ccc(Cl)c(OC)c3)ncn2)ccc1Cl. The summed E-state index contributed by atoms with van der Waals surface area (Å²) in [5, 5.41) is 1.11. The van der Waals surface area contributed by atoms with Crippen LogP contribution in [0.4, 0.5) is 0 Å². The van der Waals surface area contributed by atoms with E-state index in [-0.39, 0.29) is 0 Å². The van der Waals surface area contributed by atoms with Crippen LogP contribution in [0.5, 0.6) is 11.5 Å². The van der Waals surface area contributed by atoms with Gasteiger partial charge < -0.3 is 9.47 Å². The second kappa shape index (κ2) is 7.07. The van der Waals surface area contributed by atoms with Crippen molar-refractivity contribution in [1.82, 2.24) is 9.97 Å². The third-order valence-corrected chi connectivity index (χ3v) is 4.19. The van der Waals surface area contributed by atoms with E-state index in [9.17, 15) is 0 Å². The summed E-state index contributed by atoms with van der Waals surface area (Å²) >= 11 is 12.2. The summed E-state index contributed by atoms with van der Waals surface area (Å²) in [6.07, 6.45) is 1.52. The van der Waals surface area contributed by atoms with Gasteiger partial charge in [-0.05, 0) is 30.3 Å². The fourth-order valence-electron chi connectivity index (χ4n) is 2.31. The number of hydrogen-bond donors (Lipinski definition) is 0. The van der Waals surface area contributed by atoms with Crippen LogP contribution in [0, 0.1) is 0 Å². The molecule has 0 bridgehead atoms. The molecule has 1 aromatic heterocycles. The van der Waals surface area contributed by atoms with Gasteiger partial charge in [0, 0.05) is 11.1 Å². The number of benzene rings is 2. The van der Waals surface area contributed by atoms with Gasteiger partial charge in [0.15, 0.2) is 0 Å². The molecule has 0 aliphatic rings. The molecular formula is C18H14Cl2N2O2. The summed E-state index contributed by atoms with van der Waals surface area (Å²) in [5.41, 5.74) is 3.31. The van der Waals surface area contributed by atoms with Gasteiger partial charge in [0.05, 0.1) is 35.7 Å². The van der Waals surface area contributed by atoms with E-state index in [0.717, 1.165) is 22.5 Å². The molecule has 0 N–H and O–H groups in total. The van der Waals surface area contributed by atoms with Crippen molar-refractivity contribution >= 4 is 23.2 Å². The number of hydrogen-bond acceptors (Lipinski definition) is 4. The van der Waals surface area contributed by atoms with Crippen molar-refractivity contribution in [3.05, 3.63) is 58.8 Å². The minimum absolute atomic E-state index is 0.554. The monoisotopic (exact) mass is 360 g/mol. The summed E-state index contributed by atoms with van der Waals surface area (Å²) in [5.74, 6) is 1.20. The van der Waals surface area contributed by atoms with E-state index in [1.54, 1.807) is 26.4 Å². The Kier molecular flexibility index (Phi) is 4.88. The third kappa shape index (κ3) is 3.30. The van der Waals surface area contributed by atoms with Gasteiger partial charge in [0.1, 0.15) is 17.8 Å². The highest BCUT2D eigenvalue weighted by Gasteiger charge is 2.09. The predicted molar refractivity (Wildman–Crippen MR) is 96.0 cm³/mol. The molecule has 24 heavy (non-hydrogen) atoms. The molecular weight excluding hydrogens is 347 g/mol. The van der Waals surface area contributed by atoms with E-state index in [4.69, 9.17) is 32.7 Å². The van der Waals surface area contributed by atoms with Gasteiger partial charge in [-0.2, -0.15) is 0 Å². The van der Waals surface area contributed by atoms with Crippen LogP contribution < -0.4 is 9.47 Å². The predicted octanol–water partition coefficient (Wildman–Crippen LogP) is 5.13. The highest BCUT2D eigenvalue weighted by atomic mass is 35.5. The normalized spacial score (nSPS) is 10.5. The smallest absolute Gasteiger partial charge is 0.138 e. The summed E-state index contributed by atoms with van der Waals surface area (Å²) in [6.45, 7) is 0. The minimum atomic E-state index is 0.554. The number of methoxy groups -OCH3 is 2. The summed E-state index contributed by atoms with van der Waals surface area (Å²) in [4.78, 5) is 8.67. The number of aromatic nitrogens is 2. The molecule has 6 heteroatoms. The van der Waals surface area contributed by atoms with Gasteiger partial charge in [-0.25, -0.2) is 9.97 Å². The van der Waals surface area contributed by atoms with E-state index in [1.807, 2.05) is 30.3 Å². The Bertz CT molecular complexity index is 816. The van der Waals surface area contributed by atoms with Crippen LogP contribution in [-0.4, -0.2) is 24.2 Å². The molecule has 0 unspecified atom stereocenters. The molecule has 3 rings (SSSR count). The Balaban J connectivity index is 2.03. The zero-order chi connectivity index (χ0) is 17.1. The Morgan fingerprint density at radius 2 is 1.17 bits per heavy atom. The molecule has 0 saturated heterocycles. The number of ether oxygens (including phenoxy) is 2. The second-order valence-corrected chi connectivity index (χ2v) is 5.80. The van der Waals surface area contributed by atoms with Gasteiger partial charge in [-0.15, -0.1) is 0 Å². The Morgan fingerprint density at radius 3 is 1.58 bits per heavy atom. The largest absolute Gasteiger partial charge is 0.495 e. The van der Waals surface area contributed by atoms with Gasteiger partial charge >= 0.3 is 0 Å². The molecule has 0 amide bonds. The molecule has 0 radical (unpaired) electrons. The second-order valence-electron chi connectivity index (χ2n) is 4.99. The average molecular weight is 361 g/mol. The Morgan fingerprint density at radius 1 is 0.708 bits per heavy atom. The Hall–Kier alpha value is -2.30. The summed E-state index contributed by atoms with van der Waals surface area (Å²) in [6, 6.07) is 12.9. The van der Waals surface area contributed by atoms with Crippen LogP contribution in [0.15, 0.2) is 48.8 Å². The highest BCUT2D eigenvalue weighted by molar-refractivity contribution is 6.32. The number of rotatable bonds is 4. The van der Waals surface area contributed by atoms with Gasteiger partial charge in [-0.1, -0.05) is 35.3 Å². The van der Waals surface area contributed by atoms with Crippen LogP contribution in [0.1, 0.15) is 0 Å². The summed E-state index contributed by atoms with van der Waals surface area (Å²) < 4.78 is 10.5. The maximum absolute atomic E-state index is 6.08. The molecule has 4 nitrogen and oxygen atoms in total. The first-order valence-electron chi connectivity index (χ1n) is 7.12. The maximum atomic E-state index is 6.08. The summed E-state index contributed by atoms with van der Waals surface area (Å²) in [7, 11) is 3.16. The first-order valence-corrected chi connectivity index (χ1v) is 7.88. The van der Waals surface area contributed by atoms with Crippen molar-refractivity contribution in [1.29, 1.82) is 0 Å². The molecule has 0 aliphatic carbocycles. The quantitative estimate of drug-likeness (QED) is 0.646. The van der Waals surface area contributed by atoms with Crippen molar-refractivity contribution in [3.63, 3.8) is 0 Å². The standard InChI is InChI=1S/C18H14Cl2N2O2/c1-23-17-7-11(3-5-13(17)19)15-9-16(22-10-21-15)12-4-6-14(20)18(8-12)24-2/h3-10H,1-2H3. The van der Waals surface area contributed by atoms with Gasteiger partial charge in [0.25, 0.3) is 0 Å². The van der Waals surface area contributed by atoms with Crippen molar-refractivity contribution in [2.75, 3.05) is 14.2 Å². The van der Waals surface area contributed by atoms with E-state index in [0.29, 0.717) is 21.5 Å². The number of nitrogens with zero attached hydrogens (tertiary/aromatic N) is 2. The van der Waals surface area contributed by atoms with Crippen LogP contribution in [0.25, 0.3) is 22.5 Å². The van der Waals surface area contributed by atoms with Crippen molar-refractivity contribution in [2.45, 2.75) is 0 Å². The van der Waals surface area contributed by atoms with E-state index >= 15 is 0 Å². The van der Waals surface area contributed by atoms with Crippen molar-refractivity contribution in [2.24, 2.45) is 0 Å². The fraction of sp³-hybridized carbons (Fsp3) is 0.111. The van der Waals surface area contributed by atoms with E-state index in [2.05, 4.69) is 9.97 Å². The Labute approximate surface area is 150 Å². The molecule has 122 valence electrons. The first kappa shape index (κ1) is 16.6. The zero-order valence-corrected chi connectivity index (χ0v) is 14.6. The lowest BCUT2D eigenvalue weighted by Crippen LogP contribution is -1.92. The molecule has 1 heterocycles. The van der Waals surface area contributed by atoms with Crippen LogP contribution in [-0.2, 0) is 0 Å². The third-order valence-electron chi connectivity index (χ3n) is 3.56. The number of halogens is 2. The molecule has 0 fully saturated rings.